The van der Waals surface area contributed by atoms with E-state index in [1.165, 1.54) is 38.1 Å². The van der Waals surface area contributed by atoms with Gasteiger partial charge in [-0.1, -0.05) is 12.1 Å². The first-order chi connectivity index (χ1) is 13.2. The smallest absolute Gasteiger partial charge is 0.357 e. The molecule has 10 nitrogen and oxygen atoms in total. The van der Waals surface area contributed by atoms with Crippen LogP contribution in [0.25, 0.3) is 11.1 Å². The highest BCUT2D eigenvalue weighted by Gasteiger charge is 2.34. The van der Waals surface area contributed by atoms with E-state index in [4.69, 9.17) is 9.47 Å². The fraction of sp³-hybridized carbons (Fsp3) is 0.278. The van der Waals surface area contributed by atoms with Crippen molar-refractivity contribution in [3.63, 3.8) is 0 Å². The Bertz CT molecular complexity index is 962. The molecule has 2 aromatic rings. The summed E-state index contributed by atoms with van der Waals surface area (Å²) in [6, 6.07) is 5.64. The summed E-state index contributed by atoms with van der Waals surface area (Å²) in [5.41, 5.74) is 1.94. The number of benzene rings is 1. The lowest BCUT2D eigenvalue weighted by Crippen LogP contribution is -2.25. The molecule has 28 heavy (non-hydrogen) atoms. The Kier molecular flexibility index (Phi) is 6.14. The fourth-order valence-corrected chi connectivity index (χ4v) is 2.84. The van der Waals surface area contributed by atoms with Gasteiger partial charge in [0.1, 0.15) is 0 Å². The normalized spacial score (nSPS) is 10.3. The molecule has 0 atom stereocenters. The summed E-state index contributed by atoms with van der Waals surface area (Å²) in [6.07, 6.45) is 0. The van der Waals surface area contributed by atoms with Crippen LogP contribution in [0.1, 0.15) is 40.4 Å². The molecule has 0 bridgehead atoms. The molecule has 148 valence electrons. The van der Waals surface area contributed by atoms with Crippen molar-refractivity contribution in [3.05, 3.63) is 51.3 Å². The average molecular weight is 389 g/mol. The van der Waals surface area contributed by atoms with Crippen LogP contribution in [0.5, 0.6) is 0 Å². The van der Waals surface area contributed by atoms with Gasteiger partial charge in [-0.05, 0) is 19.9 Å². The van der Waals surface area contributed by atoms with Crippen molar-refractivity contribution in [1.82, 2.24) is 4.68 Å². The van der Waals surface area contributed by atoms with E-state index in [-0.39, 0.29) is 40.4 Å². The lowest BCUT2D eigenvalue weighted by Gasteiger charge is -2.11. The molecule has 0 spiro atoms. The Labute approximate surface area is 160 Å². The second kappa shape index (κ2) is 8.33. The summed E-state index contributed by atoms with van der Waals surface area (Å²) in [5.74, 6) is -2.20. The minimum absolute atomic E-state index is 0.0168. The van der Waals surface area contributed by atoms with Gasteiger partial charge in [0.2, 0.25) is 5.91 Å². The highest BCUT2D eigenvalue weighted by molar-refractivity contribution is 6.08. The van der Waals surface area contributed by atoms with Crippen LogP contribution in [-0.2, 0) is 14.3 Å². The first kappa shape index (κ1) is 20.6. The van der Waals surface area contributed by atoms with Gasteiger partial charge in [-0.25, -0.2) is 14.3 Å². The number of hydrogen-bond acceptors (Lipinski definition) is 7. The van der Waals surface area contributed by atoms with Crippen LogP contribution in [0.3, 0.4) is 0 Å². The zero-order chi connectivity index (χ0) is 21.0. The van der Waals surface area contributed by atoms with E-state index < -0.39 is 22.8 Å². The second-order valence-corrected chi connectivity index (χ2v) is 5.67. The van der Waals surface area contributed by atoms with E-state index in [0.717, 1.165) is 11.8 Å². The predicted molar refractivity (Wildman–Crippen MR) is 98.6 cm³/mol. The van der Waals surface area contributed by atoms with Crippen molar-refractivity contribution >= 4 is 23.5 Å². The number of carbonyl (C=O) groups excluding carboxylic acids is 3. The number of rotatable bonds is 6. The van der Waals surface area contributed by atoms with Crippen LogP contribution in [0.4, 0.5) is 5.69 Å². The number of methoxy groups -OCH3 is 1. The Morgan fingerprint density at radius 3 is 2.39 bits per heavy atom. The van der Waals surface area contributed by atoms with E-state index in [1.54, 1.807) is 6.92 Å². The molecule has 1 heterocycles. The SMILES string of the molecule is CCOC(=O)c1c(-c2ccccc2[N+](=O)[O-])c(C(=O)OC)n(NC(C)=O)c1C. The molecular weight excluding hydrogens is 370 g/mol. The number of amides is 1. The monoisotopic (exact) mass is 389 g/mol. The first-order valence-corrected chi connectivity index (χ1v) is 8.26. The second-order valence-electron chi connectivity index (χ2n) is 5.67. The Morgan fingerprint density at radius 2 is 1.86 bits per heavy atom. The number of nitro groups is 1. The maximum Gasteiger partial charge on any atom is 0.357 e. The molecule has 2 rings (SSSR count). The van der Waals surface area contributed by atoms with E-state index in [0.29, 0.717) is 0 Å². The Balaban J connectivity index is 2.99. The summed E-state index contributed by atoms with van der Waals surface area (Å²) in [7, 11) is 1.12. The molecule has 1 aromatic carbocycles. The van der Waals surface area contributed by atoms with Crippen molar-refractivity contribution in [2.24, 2.45) is 0 Å². The molecule has 0 radical (unpaired) electrons. The standard InChI is InChI=1S/C18H19N3O7/c1-5-28-17(23)14-10(2)20(19-11(3)22)16(18(24)27-4)15(14)12-8-6-7-9-13(12)21(25)26/h6-9H,5H2,1-4H3,(H,19,22). The summed E-state index contributed by atoms with van der Waals surface area (Å²) in [5, 5.41) is 11.5. The zero-order valence-corrected chi connectivity index (χ0v) is 15.8. The highest BCUT2D eigenvalue weighted by atomic mass is 16.6. The molecular formula is C18H19N3O7. The third kappa shape index (κ3) is 3.70. The van der Waals surface area contributed by atoms with E-state index in [2.05, 4.69) is 5.43 Å². The number of nitro benzene ring substituents is 1. The Morgan fingerprint density at radius 1 is 1.21 bits per heavy atom. The maximum atomic E-state index is 12.6. The average Bonchev–Trinajstić information content (AvgIpc) is 2.93. The van der Waals surface area contributed by atoms with Gasteiger partial charge in [0.15, 0.2) is 5.69 Å². The lowest BCUT2D eigenvalue weighted by molar-refractivity contribution is -0.384. The summed E-state index contributed by atoms with van der Waals surface area (Å²) in [4.78, 5) is 47.7. The number of hydrogen-bond donors (Lipinski definition) is 1. The van der Waals surface area contributed by atoms with Crippen LogP contribution >= 0.6 is 0 Å². The van der Waals surface area contributed by atoms with Gasteiger partial charge in [0, 0.05) is 18.6 Å². The summed E-state index contributed by atoms with van der Waals surface area (Å²) >= 11 is 0. The highest BCUT2D eigenvalue weighted by Crippen LogP contribution is 2.38. The van der Waals surface area contributed by atoms with Gasteiger partial charge in [0.05, 0.1) is 35.5 Å². The molecule has 1 amide bonds. The van der Waals surface area contributed by atoms with Crippen molar-refractivity contribution in [1.29, 1.82) is 0 Å². The molecule has 0 aliphatic heterocycles. The van der Waals surface area contributed by atoms with Gasteiger partial charge in [0.25, 0.3) is 5.69 Å². The largest absolute Gasteiger partial charge is 0.464 e. The third-order valence-corrected chi connectivity index (χ3v) is 3.91. The van der Waals surface area contributed by atoms with Gasteiger partial charge >= 0.3 is 11.9 Å². The quantitative estimate of drug-likeness (QED) is 0.456. The van der Waals surface area contributed by atoms with Crippen molar-refractivity contribution in [2.45, 2.75) is 20.8 Å². The summed E-state index contributed by atoms with van der Waals surface area (Å²) in [6.45, 7) is 4.35. The number of carbonyl (C=O) groups is 3. The van der Waals surface area contributed by atoms with Gasteiger partial charge in [-0.3, -0.25) is 20.3 Å². The molecule has 0 saturated carbocycles. The minimum atomic E-state index is -0.888. The van der Waals surface area contributed by atoms with Crippen molar-refractivity contribution < 1.29 is 28.8 Å². The van der Waals surface area contributed by atoms with E-state index in [1.807, 2.05) is 0 Å². The number of nitrogens with one attached hydrogen (secondary N) is 1. The van der Waals surface area contributed by atoms with Gasteiger partial charge < -0.3 is 9.47 Å². The van der Waals surface area contributed by atoms with Crippen LogP contribution < -0.4 is 5.43 Å². The molecule has 10 heteroatoms. The Hall–Kier alpha value is -3.69. The van der Waals surface area contributed by atoms with Gasteiger partial charge in [-0.15, -0.1) is 0 Å². The molecule has 0 fully saturated rings. The van der Waals surface area contributed by atoms with Crippen LogP contribution in [-0.4, -0.2) is 41.2 Å². The van der Waals surface area contributed by atoms with Crippen LogP contribution in [0.2, 0.25) is 0 Å². The molecule has 0 unspecified atom stereocenters. The maximum absolute atomic E-state index is 12.6. The van der Waals surface area contributed by atoms with Crippen LogP contribution in [0.15, 0.2) is 24.3 Å². The van der Waals surface area contributed by atoms with Gasteiger partial charge in [-0.2, -0.15) is 0 Å². The lowest BCUT2D eigenvalue weighted by atomic mass is 9.98. The number of para-hydroxylation sites is 1. The predicted octanol–water partition coefficient (Wildman–Crippen LogP) is 2.43. The number of nitrogens with zero attached hydrogens (tertiary/aromatic N) is 2. The summed E-state index contributed by atoms with van der Waals surface area (Å²) < 4.78 is 10.9. The first-order valence-electron chi connectivity index (χ1n) is 8.26. The number of esters is 2. The van der Waals surface area contributed by atoms with E-state index >= 15 is 0 Å². The van der Waals surface area contributed by atoms with Crippen molar-refractivity contribution in [3.8, 4) is 11.1 Å². The molecule has 1 N–H and O–H groups in total. The third-order valence-electron chi connectivity index (χ3n) is 3.91. The van der Waals surface area contributed by atoms with Crippen molar-refractivity contribution in [2.75, 3.05) is 19.1 Å². The minimum Gasteiger partial charge on any atom is -0.464 e. The molecule has 1 aromatic heterocycles. The number of aromatic nitrogens is 1. The molecule has 0 saturated heterocycles. The fourth-order valence-electron chi connectivity index (χ4n) is 2.84. The van der Waals surface area contributed by atoms with Crippen LogP contribution in [0, 0.1) is 17.0 Å². The zero-order valence-electron chi connectivity index (χ0n) is 15.8. The number of ether oxygens (including phenoxy) is 2. The molecule has 0 aliphatic rings. The topological polar surface area (TPSA) is 130 Å². The molecule has 0 aliphatic carbocycles. The van der Waals surface area contributed by atoms with E-state index in [9.17, 15) is 24.5 Å².